The van der Waals surface area contributed by atoms with Gasteiger partial charge in [-0.15, -0.1) is 0 Å². The maximum Gasteiger partial charge on any atom is 0.420 e. The van der Waals surface area contributed by atoms with Crippen molar-refractivity contribution in [2.45, 2.75) is 43.2 Å². The minimum atomic E-state index is -5.67. The summed E-state index contributed by atoms with van der Waals surface area (Å²) in [7, 11) is 0. The average molecular weight is 1020 g/mol. The third-order valence-electron chi connectivity index (χ3n) is 10.3. The van der Waals surface area contributed by atoms with Gasteiger partial charge in [0.1, 0.15) is 39.0 Å². The molecule has 0 spiro atoms. The van der Waals surface area contributed by atoms with Gasteiger partial charge in [0.05, 0.1) is 78.4 Å². The van der Waals surface area contributed by atoms with Gasteiger partial charge in [0, 0.05) is 0 Å². The van der Waals surface area contributed by atoms with Gasteiger partial charge >= 0.3 is 43.2 Å². The molecule has 28 heteroatoms. The van der Waals surface area contributed by atoms with Crippen LogP contribution < -0.4 is 21.4 Å². The van der Waals surface area contributed by atoms with E-state index in [1.54, 1.807) is 19.9 Å². The first-order valence-electron chi connectivity index (χ1n) is 18.9. The molecule has 4 aromatic heterocycles. The number of halogens is 21. The standard InChI is InChI=1S/C42H18F21N7/c43-36(44,45)29-15-1-2-16(64-15)30(37(46,47)48)18-5-6-20(66-18)32(39(52,53)54)22-9-10-24(68-22)34(41(58,59)60)26-13-14-28(70-26)35(42(61,62)63)27-12-11-25(69-27)33(40(55,56)57)23-8-7-21(67-23)31(38(49,50)51)19-4-3-17(29)65-19/h1-14,64-65,68-69H. The zero-order valence-electron chi connectivity index (χ0n) is 33.4. The number of alkyl halides is 21. The Morgan fingerprint density at radius 3 is 0.686 bits per heavy atom. The predicted molar refractivity (Wildman–Crippen MR) is 207 cm³/mol. The highest BCUT2D eigenvalue weighted by atomic mass is 19.4. The van der Waals surface area contributed by atoms with Gasteiger partial charge in [0.25, 0.3) is 0 Å². The highest BCUT2D eigenvalue weighted by molar-refractivity contribution is 6.29. The SMILES string of the molecule is FC(F)(F)C1=C2C=CC(=N2)C(C(F)(F)F)=c2ccc([nH]2)=C(C(F)(F)F)C2=NC(=C(C(F)(F)F)c3ccc([nH]3)C(C(F)(F)F)=c3ccc([nH]3)=C(C(F)(F)F)C3=NC(=C(C(F)(F)F)c4ccc1[nH]4)C=C3)C=C2. The number of aliphatic imine (C=N–C) groups is 3. The van der Waals surface area contributed by atoms with E-state index >= 15 is 0 Å². The van der Waals surface area contributed by atoms with Gasteiger partial charge in [0.2, 0.25) is 0 Å². The van der Waals surface area contributed by atoms with Crippen LogP contribution in [0.2, 0.25) is 0 Å². The average Bonchev–Trinajstić information content (AvgIpc) is 4.02. The van der Waals surface area contributed by atoms with Crippen molar-refractivity contribution >= 4 is 56.1 Å². The molecule has 368 valence electrons. The van der Waals surface area contributed by atoms with Crippen LogP contribution in [0.1, 0.15) is 22.8 Å². The smallest absolute Gasteiger partial charge is 0.354 e. The fourth-order valence-electron chi connectivity index (χ4n) is 7.73. The summed E-state index contributed by atoms with van der Waals surface area (Å²) in [6.45, 7) is 0. The van der Waals surface area contributed by atoms with E-state index in [0.29, 0.717) is 85.0 Å². The molecule has 0 fully saturated rings. The second-order valence-electron chi connectivity index (χ2n) is 14.9. The molecule has 0 radical (unpaired) electrons. The van der Waals surface area contributed by atoms with E-state index in [4.69, 9.17) is 0 Å². The van der Waals surface area contributed by atoms with Gasteiger partial charge < -0.3 is 19.9 Å². The molecule has 4 N–H and O–H groups in total. The largest absolute Gasteiger partial charge is 0.420 e. The van der Waals surface area contributed by atoms with E-state index in [2.05, 4.69) is 15.0 Å². The van der Waals surface area contributed by atoms with Gasteiger partial charge in [-0.05, 0) is 85.0 Å². The first kappa shape index (κ1) is 49.0. The molecule has 4 aliphatic heterocycles. The quantitative estimate of drug-likeness (QED) is 0.126. The number of hydrogen-bond donors (Lipinski definition) is 4. The second kappa shape index (κ2) is 16.1. The molecule has 7 nitrogen and oxygen atoms in total. The Labute approximate surface area is 372 Å². The molecule has 0 amide bonds. The van der Waals surface area contributed by atoms with Crippen molar-refractivity contribution in [3.63, 3.8) is 0 Å². The van der Waals surface area contributed by atoms with E-state index in [1.807, 2.05) is 0 Å². The monoisotopic (exact) mass is 1020 g/mol. The Balaban J connectivity index is 1.50. The molecule has 4 aromatic rings. The maximum atomic E-state index is 14.7. The number of hydrogen-bond acceptors (Lipinski definition) is 3. The molecule has 0 atom stereocenters. The third-order valence-corrected chi connectivity index (χ3v) is 10.3. The minimum absolute atomic E-state index is 0.325. The zero-order valence-corrected chi connectivity index (χ0v) is 33.4. The van der Waals surface area contributed by atoms with Gasteiger partial charge in [-0.3, -0.25) is 0 Å². The number of aromatic nitrogens is 4. The summed E-state index contributed by atoms with van der Waals surface area (Å²) in [4.78, 5) is 17.2. The Kier molecular flexibility index (Phi) is 11.3. The number of H-pyrrole nitrogens is 4. The van der Waals surface area contributed by atoms with Crippen LogP contribution >= 0.6 is 0 Å². The van der Waals surface area contributed by atoms with Crippen LogP contribution in [0.5, 0.6) is 0 Å². The maximum absolute atomic E-state index is 14.7. The summed E-state index contributed by atoms with van der Waals surface area (Å²) in [5, 5.41) is -5.21. The van der Waals surface area contributed by atoms with E-state index < -0.39 is 161 Å². The van der Waals surface area contributed by atoms with E-state index in [1.165, 1.54) is 0 Å². The summed E-state index contributed by atoms with van der Waals surface area (Å²) in [6.07, 6.45) is -37.7. The lowest BCUT2D eigenvalue weighted by Gasteiger charge is -2.14. The van der Waals surface area contributed by atoms with Gasteiger partial charge in [0.15, 0.2) is 0 Å². The number of nitrogens with zero attached hydrogens (tertiary/aromatic N) is 3. The normalized spacial score (nSPS) is 17.9. The number of fused-ring (bicyclic) bond motifs is 11. The summed E-state index contributed by atoms with van der Waals surface area (Å²) in [6, 6.07) is 2.88. The number of allylic oxidation sites excluding steroid dienone is 9. The van der Waals surface area contributed by atoms with Crippen LogP contribution in [0.4, 0.5) is 92.2 Å². The van der Waals surface area contributed by atoms with Crippen LogP contribution in [-0.4, -0.2) is 80.3 Å². The molecule has 70 heavy (non-hydrogen) atoms. The minimum Gasteiger partial charge on any atom is -0.354 e. The zero-order chi connectivity index (χ0) is 51.5. The molecule has 0 saturated carbocycles. The van der Waals surface area contributed by atoms with Crippen molar-refractivity contribution in [3.05, 3.63) is 146 Å². The predicted octanol–water partition coefficient (Wildman–Crippen LogP) is 10.2. The molecule has 4 aliphatic rings. The van der Waals surface area contributed by atoms with E-state index in [9.17, 15) is 92.2 Å². The molecular weight excluding hydrogens is 1000 g/mol. The summed E-state index contributed by atoms with van der Waals surface area (Å²) in [5.41, 5.74) is -27.7. The lowest BCUT2D eigenvalue weighted by atomic mass is 10.1. The molecule has 0 unspecified atom stereocenters. The van der Waals surface area contributed by atoms with E-state index in [-0.39, 0.29) is 0 Å². The molecule has 0 aromatic carbocycles. The van der Waals surface area contributed by atoms with Crippen molar-refractivity contribution in [2.75, 3.05) is 0 Å². The van der Waals surface area contributed by atoms with Crippen LogP contribution in [0, 0.1) is 0 Å². The number of rotatable bonds is 0. The van der Waals surface area contributed by atoms with Crippen LogP contribution in [0.3, 0.4) is 0 Å². The lowest BCUT2D eigenvalue weighted by molar-refractivity contribution is -0.0710. The molecule has 0 aliphatic carbocycles. The summed E-state index contributed by atoms with van der Waals surface area (Å²) >= 11 is 0. The summed E-state index contributed by atoms with van der Waals surface area (Å²) in [5.74, 6) is 0. The lowest BCUT2D eigenvalue weighted by Crippen LogP contribution is -2.30. The Morgan fingerprint density at radius 1 is 0.243 bits per heavy atom. The third kappa shape index (κ3) is 9.12. The van der Waals surface area contributed by atoms with Crippen molar-refractivity contribution in [1.82, 2.24) is 19.9 Å². The summed E-state index contributed by atoms with van der Waals surface area (Å²) < 4.78 is 309. The first-order valence-corrected chi connectivity index (χ1v) is 18.9. The van der Waals surface area contributed by atoms with Crippen LogP contribution in [0.15, 0.2) is 117 Å². The molecule has 0 saturated heterocycles. The van der Waals surface area contributed by atoms with Gasteiger partial charge in [-0.2, -0.15) is 92.2 Å². The number of aromatic amines is 4. The van der Waals surface area contributed by atoms with Crippen molar-refractivity contribution < 1.29 is 92.2 Å². The van der Waals surface area contributed by atoms with Crippen molar-refractivity contribution in [1.29, 1.82) is 0 Å². The Bertz CT molecular complexity index is 3410. The highest BCUT2D eigenvalue weighted by Gasteiger charge is 2.47. The molecule has 8 heterocycles. The van der Waals surface area contributed by atoms with Gasteiger partial charge in [-0.1, -0.05) is 0 Å². The van der Waals surface area contributed by atoms with Crippen molar-refractivity contribution in [3.8, 4) is 0 Å². The molecule has 14 bridgehead atoms. The van der Waals surface area contributed by atoms with Crippen LogP contribution in [-0.2, 0) is 0 Å². The number of nitrogens with one attached hydrogen (secondary N) is 4. The molecular formula is C42H18F21N7. The first-order chi connectivity index (χ1) is 32.1. The highest BCUT2D eigenvalue weighted by Crippen LogP contribution is 2.45. The Morgan fingerprint density at radius 2 is 0.457 bits per heavy atom. The fourth-order valence-corrected chi connectivity index (χ4v) is 7.73. The Hall–Kier alpha value is -7.42. The second-order valence-corrected chi connectivity index (χ2v) is 14.9. The topological polar surface area (TPSA) is 100 Å². The van der Waals surface area contributed by atoms with E-state index in [0.717, 1.165) is 0 Å². The molecule has 8 rings (SSSR count). The van der Waals surface area contributed by atoms with Crippen LogP contribution in [0.25, 0.3) is 39.0 Å². The van der Waals surface area contributed by atoms with Crippen molar-refractivity contribution in [2.24, 2.45) is 15.0 Å². The van der Waals surface area contributed by atoms with Gasteiger partial charge in [-0.25, -0.2) is 15.0 Å². The fraction of sp³-hybridized carbons (Fsp3) is 0.167.